The summed E-state index contributed by atoms with van der Waals surface area (Å²) in [5.41, 5.74) is -1.71. The number of likely N-dealkylation sites (tertiary alicyclic amines) is 1. The number of benzene rings is 1. The third-order valence-corrected chi connectivity index (χ3v) is 10.0. The van der Waals surface area contributed by atoms with Gasteiger partial charge in [-0.05, 0) is 30.5 Å². The lowest BCUT2D eigenvalue weighted by atomic mass is 9.71. The number of aromatic nitrogens is 4. The Kier molecular flexibility index (Phi) is 9.92. The molecule has 4 unspecified atom stereocenters. The number of alkyl halides is 5. The SMILES string of the molecule is Cn1c(-c2cn(C3CC3(F)F)nc2C(F)(F)F)cnc1C(=O)Nc1ccc(C(=O)NC2CC3CN(C(=O)N[C@H]4CNC[C@@H]4O)CC32)c(Cl)c1.O=CO. The number of imidazole rings is 1. The molecule has 7 rings (SSSR count). The van der Waals surface area contributed by atoms with Crippen LogP contribution in [0, 0.1) is 11.8 Å². The van der Waals surface area contributed by atoms with E-state index in [4.69, 9.17) is 21.5 Å². The summed E-state index contributed by atoms with van der Waals surface area (Å²) in [5, 5.41) is 31.7. The Morgan fingerprint density at radius 1 is 1.12 bits per heavy atom. The van der Waals surface area contributed by atoms with Crippen LogP contribution < -0.4 is 21.3 Å². The van der Waals surface area contributed by atoms with Crippen LogP contribution in [0.2, 0.25) is 5.02 Å². The van der Waals surface area contributed by atoms with E-state index in [-0.39, 0.29) is 64.2 Å². The number of aliphatic hydroxyl groups is 1. The van der Waals surface area contributed by atoms with Crippen molar-refractivity contribution in [3.05, 3.63) is 52.7 Å². The van der Waals surface area contributed by atoms with Gasteiger partial charge in [-0.25, -0.2) is 18.6 Å². The van der Waals surface area contributed by atoms with Gasteiger partial charge in [0, 0.05) is 63.5 Å². The van der Waals surface area contributed by atoms with Gasteiger partial charge < -0.3 is 40.9 Å². The molecule has 0 spiro atoms. The summed E-state index contributed by atoms with van der Waals surface area (Å²) in [6.45, 7) is 1.68. The maximum atomic E-state index is 13.8. The summed E-state index contributed by atoms with van der Waals surface area (Å²) in [7, 11) is 1.30. The lowest BCUT2D eigenvalue weighted by Crippen LogP contribution is -2.52. The second-order valence-corrected chi connectivity index (χ2v) is 13.5. The smallest absolute Gasteiger partial charge is 0.435 e. The molecule has 2 saturated heterocycles. The van der Waals surface area contributed by atoms with Crippen molar-refractivity contribution in [2.75, 3.05) is 31.5 Å². The molecule has 0 bridgehead atoms. The zero-order chi connectivity index (χ0) is 37.7. The second-order valence-electron chi connectivity index (χ2n) is 13.1. The van der Waals surface area contributed by atoms with E-state index < -0.39 is 53.7 Å². The van der Waals surface area contributed by atoms with Crippen molar-refractivity contribution in [3.8, 4) is 11.3 Å². The van der Waals surface area contributed by atoms with Gasteiger partial charge in [0.05, 0.1) is 40.2 Å². The Hall–Kier alpha value is -4.82. The van der Waals surface area contributed by atoms with Crippen LogP contribution in [0.5, 0.6) is 0 Å². The molecule has 2 aliphatic carbocycles. The maximum Gasteiger partial charge on any atom is 0.435 e. The molecule has 4 heterocycles. The molecule has 0 radical (unpaired) electrons. The number of carbonyl (C=O) groups excluding carboxylic acids is 3. The maximum absolute atomic E-state index is 13.8. The second kappa shape index (κ2) is 14.0. The van der Waals surface area contributed by atoms with Crippen molar-refractivity contribution in [2.24, 2.45) is 18.9 Å². The number of hydrogen-bond acceptors (Lipinski definition) is 8. The summed E-state index contributed by atoms with van der Waals surface area (Å²) in [4.78, 5) is 52.9. The van der Waals surface area contributed by atoms with E-state index in [1.807, 2.05) is 0 Å². The molecule has 4 amide bonds. The van der Waals surface area contributed by atoms with Crippen molar-refractivity contribution < 1.29 is 51.3 Å². The Morgan fingerprint density at radius 3 is 2.44 bits per heavy atom. The normalized spacial score (nSPS) is 25.7. The molecule has 1 aromatic carbocycles. The highest BCUT2D eigenvalue weighted by atomic mass is 35.5. The van der Waals surface area contributed by atoms with Crippen LogP contribution in [0.15, 0.2) is 30.6 Å². The minimum atomic E-state index is -4.95. The molecule has 52 heavy (non-hydrogen) atoms. The molecule has 2 aromatic heterocycles. The van der Waals surface area contributed by atoms with Gasteiger partial charge in [-0.15, -0.1) is 0 Å². The van der Waals surface area contributed by atoms with Gasteiger partial charge in [-0.2, -0.15) is 18.3 Å². The minimum Gasteiger partial charge on any atom is -0.483 e. The van der Waals surface area contributed by atoms with Gasteiger partial charge in [-0.3, -0.25) is 19.1 Å². The fourth-order valence-corrected chi connectivity index (χ4v) is 7.08. The summed E-state index contributed by atoms with van der Waals surface area (Å²) >= 11 is 6.41. The molecular formula is C31H33ClF5N9O6. The number of halogens is 6. The topological polar surface area (TPSA) is 196 Å². The van der Waals surface area contributed by atoms with E-state index in [1.165, 1.54) is 25.2 Å². The third-order valence-electron chi connectivity index (χ3n) is 9.71. The molecule has 6 atom stereocenters. The summed E-state index contributed by atoms with van der Waals surface area (Å²) in [6, 6.07) is 1.93. The van der Waals surface area contributed by atoms with Crippen molar-refractivity contribution in [1.29, 1.82) is 0 Å². The number of carboxylic acid groups (broad SMARTS) is 1. The quantitative estimate of drug-likeness (QED) is 0.155. The molecule has 4 fully saturated rings. The van der Waals surface area contributed by atoms with Crippen LogP contribution in [0.25, 0.3) is 11.3 Å². The summed E-state index contributed by atoms with van der Waals surface area (Å²) in [5.74, 6) is -4.36. The Balaban J connectivity index is 0.00000150. The standard InChI is InChI=1S/C30H31ClF5N9O4.CH2O2/c1-43-21(17-12-45(23-6-29(23,32)33)42-24(17)30(34,35)36)8-38-25(43)27(48)39-14-2-3-15(18(31)5-14)26(47)40-19-4-13-10-44(11-16(13)19)28(49)41-20-7-37-9-22(20)46;2-1-3/h2-3,5,8,12-13,16,19-20,22-23,37,46H,4,6-7,9-11H2,1H3,(H,39,48)(H,40,47)(H,41,49);1H,(H,2,3)/t13?,16?,19?,20-,22-,23?;/m0./s1. The van der Waals surface area contributed by atoms with Gasteiger partial charge in [-0.1, -0.05) is 11.6 Å². The number of aliphatic hydroxyl groups excluding tert-OH is 1. The number of carbonyl (C=O) groups is 4. The number of β-amino-alcohol motifs (C(OH)–C–C–N with tert-alkyl or cyclic N) is 1. The van der Waals surface area contributed by atoms with Crippen LogP contribution in [0.3, 0.4) is 0 Å². The first-order chi connectivity index (χ1) is 24.5. The summed E-state index contributed by atoms with van der Waals surface area (Å²) in [6.07, 6.45) is -3.64. The van der Waals surface area contributed by atoms with E-state index in [0.717, 1.165) is 17.0 Å². The predicted octanol–water partition coefficient (Wildman–Crippen LogP) is 2.58. The van der Waals surface area contributed by atoms with Crippen LogP contribution in [0.1, 0.15) is 45.6 Å². The van der Waals surface area contributed by atoms with Gasteiger partial charge in [0.1, 0.15) is 6.04 Å². The first kappa shape index (κ1) is 37.0. The van der Waals surface area contributed by atoms with Gasteiger partial charge >= 0.3 is 12.2 Å². The zero-order valence-corrected chi connectivity index (χ0v) is 28.0. The van der Waals surface area contributed by atoms with Crippen molar-refractivity contribution in [1.82, 2.24) is 40.2 Å². The zero-order valence-electron chi connectivity index (χ0n) is 27.2. The van der Waals surface area contributed by atoms with E-state index >= 15 is 0 Å². The van der Waals surface area contributed by atoms with E-state index in [0.29, 0.717) is 37.3 Å². The van der Waals surface area contributed by atoms with Crippen LogP contribution >= 0.6 is 11.6 Å². The number of fused-ring (bicyclic) bond motifs is 1. The first-order valence-electron chi connectivity index (χ1n) is 16.0. The van der Waals surface area contributed by atoms with Crippen molar-refractivity contribution in [2.45, 2.75) is 49.2 Å². The number of anilines is 1. The highest BCUT2D eigenvalue weighted by Gasteiger charge is 2.59. The van der Waals surface area contributed by atoms with E-state index in [2.05, 4.69) is 31.3 Å². The lowest BCUT2D eigenvalue weighted by molar-refractivity contribution is -0.141. The van der Waals surface area contributed by atoms with Crippen LogP contribution in [-0.4, -0.2) is 109 Å². The number of hydrogen-bond donors (Lipinski definition) is 6. The fraction of sp³-hybridized carbons (Fsp3) is 0.484. The van der Waals surface area contributed by atoms with Gasteiger partial charge in [0.25, 0.3) is 24.2 Å². The number of nitrogens with one attached hydrogen (secondary N) is 4. The van der Waals surface area contributed by atoms with Gasteiger partial charge in [0.15, 0.2) is 11.5 Å². The van der Waals surface area contributed by atoms with Crippen molar-refractivity contribution >= 4 is 41.6 Å². The monoisotopic (exact) mass is 757 g/mol. The first-order valence-corrected chi connectivity index (χ1v) is 16.4. The molecule has 280 valence electrons. The van der Waals surface area contributed by atoms with E-state index in [9.17, 15) is 41.4 Å². The molecule has 4 aliphatic rings. The number of nitrogens with zero attached hydrogens (tertiary/aromatic N) is 5. The highest BCUT2D eigenvalue weighted by Crippen LogP contribution is 2.53. The Labute approximate surface area is 296 Å². The van der Waals surface area contributed by atoms with Gasteiger partial charge in [0.2, 0.25) is 0 Å². The molecular weight excluding hydrogens is 725 g/mol. The molecule has 15 nitrogen and oxygen atoms in total. The fourth-order valence-electron chi connectivity index (χ4n) is 6.82. The minimum absolute atomic E-state index is 0.0296. The molecule has 2 aliphatic heterocycles. The predicted molar refractivity (Wildman–Crippen MR) is 172 cm³/mol. The average Bonchev–Trinajstić information content (AvgIpc) is 3.57. The molecule has 21 heteroatoms. The Morgan fingerprint density at radius 2 is 1.83 bits per heavy atom. The average molecular weight is 758 g/mol. The third kappa shape index (κ3) is 7.26. The highest BCUT2D eigenvalue weighted by molar-refractivity contribution is 6.34. The largest absolute Gasteiger partial charge is 0.483 e. The van der Waals surface area contributed by atoms with E-state index in [1.54, 1.807) is 4.90 Å². The molecule has 3 aromatic rings. The Bertz CT molecular complexity index is 1890. The molecule has 2 saturated carbocycles. The molecule has 6 N–H and O–H groups in total. The lowest BCUT2D eigenvalue weighted by Gasteiger charge is -2.39. The number of rotatable bonds is 7. The number of amides is 4. The van der Waals surface area contributed by atoms with Crippen molar-refractivity contribution in [3.63, 3.8) is 0 Å². The summed E-state index contributed by atoms with van der Waals surface area (Å²) < 4.78 is 70.1. The number of urea groups is 1. The van der Waals surface area contributed by atoms with Crippen LogP contribution in [0.4, 0.5) is 32.4 Å². The van der Waals surface area contributed by atoms with Crippen LogP contribution in [-0.2, 0) is 18.0 Å².